The molecule has 1 heterocycles. The number of aryl methyl sites for hydroxylation is 2. The van der Waals surface area contributed by atoms with Crippen LogP contribution < -0.4 is 5.73 Å². The highest BCUT2D eigenvalue weighted by Gasteiger charge is 2.18. The molecule has 0 fully saturated rings. The van der Waals surface area contributed by atoms with Crippen molar-refractivity contribution in [3.8, 4) is 0 Å². The predicted molar refractivity (Wildman–Crippen MR) is 80.0 cm³/mol. The van der Waals surface area contributed by atoms with Crippen LogP contribution in [0.5, 0.6) is 0 Å². The molecule has 0 saturated heterocycles. The molecule has 0 saturated carbocycles. The van der Waals surface area contributed by atoms with E-state index in [1.165, 1.54) is 0 Å². The van der Waals surface area contributed by atoms with Crippen LogP contribution in [0.25, 0.3) is 0 Å². The van der Waals surface area contributed by atoms with Gasteiger partial charge in [-0.3, -0.25) is 8.89 Å². The Morgan fingerprint density at radius 3 is 2.67 bits per heavy atom. The molecule has 0 aliphatic heterocycles. The first-order chi connectivity index (χ1) is 8.54. The first-order valence-electron chi connectivity index (χ1n) is 6.36. The monoisotopic (exact) mass is 335 g/mol. The maximum atomic E-state index is 12.2. The Bertz CT molecular complexity index is 420. The lowest BCUT2D eigenvalue weighted by Gasteiger charge is -2.11. The first kappa shape index (κ1) is 15.9. The van der Waals surface area contributed by atoms with E-state index in [4.69, 9.17) is 5.73 Å². The van der Waals surface area contributed by atoms with Crippen molar-refractivity contribution in [2.45, 2.75) is 51.2 Å². The number of nitrogens with zero attached hydrogens (tertiary/aromatic N) is 2. The quantitative estimate of drug-likeness (QED) is 0.830. The Labute approximate surface area is 120 Å². The molecule has 1 aromatic rings. The van der Waals surface area contributed by atoms with Crippen molar-refractivity contribution in [2.24, 2.45) is 5.73 Å². The highest BCUT2D eigenvalue weighted by molar-refractivity contribution is 9.10. The van der Waals surface area contributed by atoms with Gasteiger partial charge < -0.3 is 5.73 Å². The zero-order valence-corrected chi connectivity index (χ0v) is 13.7. The molecule has 0 radical (unpaired) electrons. The number of hydrogen-bond acceptors (Lipinski definition) is 3. The Balaban J connectivity index is 2.89. The van der Waals surface area contributed by atoms with E-state index in [-0.39, 0.29) is 5.25 Å². The molecule has 6 heteroatoms. The summed E-state index contributed by atoms with van der Waals surface area (Å²) in [6.45, 7) is 7.50. The van der Waals surface area contributed by atoms with E-state index in [1.807, 2.05) is 11.6 Å². The maximum absolute atomic E-state index is 12.2. The number of halogens is 1. The van der Waals surface area contributed by atoms with Crippen molar-refractivity contribution < 1.29 is 4.21 Å². The molecule has 104 valence electrons. The molecular formula is C12H22BrN3OS. The third-order valence-corrected chi connectivity index (χ3v) is 5.60. The lowest BCUT2D eigenvalue weighted by Crippen LogP contribution is -2.18. The molecule has 1 aromatic heterocycles. The highest BCUT2D eigenvalue weighted by Crippen LogP contribution is 2.24. The molecule has 0 amide bonds. The van der Waals surface area contributed by atoms with Gasteiger partial charge in [0.1, 0.15) is 0 Å². The summed E-state index contributed by atoms with van der Waals surface area (Å²) in [5.74, 6) is 0.544. The molecule has 0 aromatic carbocycles. The summed E-state index contributed by atoms with van der Waals surface area (Å²) in [6, 6.07) is 0. The van der Waals surface area contributed by atoms with Crippen molar-refractivity contribution in [1.29, 1.82) is 0 Å². The van der Waals surface area contributed by atoms with Crippen LogP contribution in [0.15, 0.2) is 4.47 Å². The molecule has 0 bridgehead atoms. The number of aromatic nitrogens is 2. The second kappa shape index (κ2) is 7.40. The SMILES string of the molecule is CCc1nn(CC)c(CS(=O)C(C)CCN)c1Br. The van der Waals surface area contributed by atoms with Crippen molar-refractivity contribution >= 4 is 26.7 Å². The van der Waals surface area contributed by atoms with Crippen molar-refractivity contribution in [1.82, 2.24) is 9.78 Å². The Hall–Kier alpha value is -0.200. The minimum atomic E-state index is -0.897. The van der Waals surface area contributed by atoms with Crippen molar-refractivity contribution in [2.75, 3.05) is 6.54 Å². The molecule has 0 aliphatic rings. The van der Waals surface area contributed by atoms with Crippen LogP contribution in [-0.2, 0) is 29.5 Å². The summed E-state index contributed by atoms with van der Waals surface area (Å²) < 4.78 is 15.2. The van der Waals surface area contributed by atoms with E-state index in [0.717, 1.165) is 35.2 Å². The predicted octanol–water partition coefficient (Wildman–Crippen LogP) is 2.21. The summed E-state index contributed by atoms with van der Waals surface area (Å²) in [5.41, 5.74) is 7.59. The van der Waals surface area contributed by atoms with Crippen LogP contribution in [-0.4, -0.2) is 25.8 Å². The van der Waals surface area contributed by atoms with Gasteiger partial charge in [0.25, 0.3) is 0 Å². The van der Waals surface area contributed by atoms with Crippen LogP contribution in [0.3, 0.4) is 0 Å². The Morgan fingerprint density at radius 1 is 1.50 bits per heavy atom. The summed E-state index contributed by atoms with van der Waals surface area (Å²) in [6.07, 6.45) is 1.68. The van der Waals surface area contributed by atoms with Crippen LogP contribution >= 0.6 is 15.9 Å². The van der Waals surface area contributed by atoms with Gasteiger partial charge in [0.05, 0.1) is 21.6 Å². The third-order valence-electron chi connectivity index (χ3n) is 3.00. The number of nitrogens with two attached hydrogens (primary N) is 1. The Morgan fingerprint density at radius 2 is 2.17 bits per heavy atom. The largest absolute Gasteiger partial charge is 0.330 e. The molecular weight excluding hydrogens is 314 g/mol. The number of hydrogen-bond donors (Lipinski definition) is 1. The summed E-state index contributed by atoms with van der Waals surface area (Å²) in [7, 11) is -0.897. The third kappa shape index (κ3) is 3.65. The van der Waals surface area contributed by atoms with Gasteiger partial charge in [0.2, 0.25) is 0 Å². The molecule has 0 aliphatic carbocycles. The molecule has 1 rings (SSSR count). The van der Waals surface area contributed by atoms with Crippen LogP contribution in [0.1, 0.15) is 38.6 Å². The Kier molecular flexibility index (Phi) is 6.52. The molecule has 2 atom stereocenters. The van der Waals surface area contributed by atoms with E-state index in [9.17, 15) is 4.21 Å². The zero-order valence-electron chi connectivity index (χ0n) is 11.3. The molecule has 18 heavy (non-hydrogen) atoms. The van der Waals surface area contributed by atoms with Crippen molar-refractivity contribution in [3.05, 3.63) is 15.9 Å². The van der Waals surface area contributed by atoms with Gasteiger partial charge >= 0.3 is 0 Å². The fraction of sp³-hybridized carbons (Fsp3) is 0.750. The van der Waals surface area contributed by atoms with E-state index in [0.29, 0.717) is 12.3 Å². The summed E-state index contributed by atoms with van der Waals surface area (Å²) in [5, 5.41) is 4.65. The topological polar surface area (TPSA) is 60.9 Å². The average Bonchev–Trinajstić information content (AvgIpc) is 2.66. The standard InChI is InChI=1S/C12H22BrN3OS/c1-4-10-12(13)11(16(5-2)15-10)8-18(17)9(3)6-7-14/h9H,4-8,14H2,1-3H3. The van der Waals surface area contributed by atoms with Gasteiger partial charge in [0, 0.05) is 22.6 Å². The molecule has 4 nitrogen and oxygen atoms in total. The highest BCUT2D eigenvalue weighted by atomic mass is 79.9. The van der Waals surface area contributed by atoms with Crippen molar-refractivity contribution in [3.63, 3.8) is 0 Å². The molecule has 2 N–H and O–H groups in total. The normalized spacial score (nSPS) is 14.7. The molecule has 0 spiro atoms. The van der Waals surface area contributed by atoms with E-state index >= 15 is 0 Å². The van der Waals surface area contributed by atoms with E-state index < -0.39 is 10.8 Å². The van der Waals surface area contributed by atoms with Gasteiger partial charge in [-0.05, 0) is 42.2 Å². The van der Waals surface area contributed by atoms with Gasteiger partial charge in [-0.15, -0.1) is 0 Å². The van der Waals surface area contributed by atoms with Gasteiger partial charge in [-0.2, -0.15) is 5.10 Å². The molecule has 2 unspecified atom stereocenters. The summed E-state index contributed by atoms with van der Waals surface area (Å²) in [4.78, 5) is 0. The van der Waals surface area contributed by atoms with Gasteiger partial charge in [-0.25, -0.2) is 0 Å². The lowest BCUT2D eigenvalue weighted by molar-refractivity contribution is 0.620. The number of rotatable bonds is 7. The fourth-order valence-electron chi connectivity index (χ4n) is 1.80. The second-order valence-corrected chi connectivity index (χ2v) is 6.94. The van der Waals surface area contributed by atoms with Crippen LogP contribution in [0.4, 0.5) is 0 Å². The fourth-order valence-corrected chi connectivity index (χ4v) is 3.93. The second-order valence-electron chi connectivity index (χ2n) is 4.29. The minimum absolute atomic E-state index is 0.132. The first-order valence-corrected chi connectivity index (χ1v) is 8.53. The minimum Gasteiger partial charge on any atom is -0.330 e. The maximum Gasteiger partial charge on any atom is 0.0767 e. The lowest BCUT2D eigenvalue weighted by atomic mass is 10.3. The van der Waals surface area contributed by atoms with Crippen LogP contribution in [0, 0.1) is 0 Å². The van der Waals surface area contributed by atoms with Gasteiger partial charge in [-0.1, -0.05) is 13.8 Å². The van der Waals surface area contributed by atoms with Gasteiger partial charge in [0.15, 0.2) is 0 Å². The zero-order chi connectivity index (χ0) is 13.7. The van der Waals surface area contributed by atoms with Crippen LogP contribution in [0.2, 0.25) is 0 Å². The average molecular weight is 336 g/mol. The van der Waals surface area contributed by atoms with E-state index in [2.05, 4.69) is 34.9 Å². The summed E-state index contributed by atoms with van der Waals surface area (Å²) >= 11 is 3.58. The smallest absolute Gasteiger partial charge is 0.0767 e. The van der Waals surface area contributed by atoms with E-state index in [1.54, 1.807) is 0 Å².